The summed E-state index contributed by atoms with van der Waals surface area (Å²) in [6, 6.07) is 9.35. The smallest absolute Gasteiger partial charge is 0.253 e. The van der Waals surface area contributed by atoms with Crippen molar-refractivity contribution in [3.63, 3.8) is 0 Å². The first-order chi connectivity index (χ1) is 10.7. The summed E-state index contributed by atoms with van der Waals surface area (Å²) in [4.78, 5) is 26.3. The van der Waals surface area contributed by atoms with Crippen molar-refractivity contribution >= 4 is 11.8 Å². The Kier molecular flexibility index (Phi) is 6.44. The van der Waals surface area contributed by atoms with Crippen molar-refractivity contribution < 1.29 is 9.59 Å². The van der Waals surface area contributed by atoms with E-state index in [1.807, 2.05) is 35.2 Å². The predicted molar refractivity (Wildman–Crippen MR) is 87.6 cm³/mol. The Labute approximate surface area is 132 Å². The summed E-state index contributed by atoms with van der Waals surface area (Å²) in [7, 11) is 0. The number of likely N-dealkylation sites (tertiary alicyclic amines) is 1. The second-order valence-electron chi connectivity index (χ2n) is 5.93. The van der Waals surface area contributed by atoms with Crippen LogP contribution in [0.4, 0.5) is 0 Å². The quantitative estimate of drug-likeness (QED) is 0.822. The van der Waals surface area contributed by atoms with Gasteiger partial charge in [0.25, 0.3) is 5.91 Å². The van der Waals surface area contributed by atoms with E-state index in [9.17, 15) is 9.59 Å². The van der Waals surface area contributed by atoms with Gasteiger partial charge in [0.15, 0.2) is 0 Å². The summed E-state index contributed by atoms with van der Waals surface area (Å²) in [5.41, 5.74) is 0.727. The number of benzene rings is 1. The van der Waals surface area contributed by atoms with Crippen LogP contribution in [0.25, 0.3) is 0 Å². The fourth-order valence-electron chi connectivity index (χ4n) is 2.84. The molecule has 0 aromatic heterocycles. The van der Waals surface area contributed by atoms with Gasteiger partial charge in [-0.3, -0.25) is 9.59 Å². The van der Waals surface area contributed by atoms with E-state index in [1.54, 1.807) is 0 Å². The van der Waals surface area contributed by atoms with Crippen molar-refractivity contribution in [2.75, 3.05) is 19.6 Å². The largest absolute Gasteiger partial charge is 0.356 e. The number of rotatable bonds is 6. The highest BCUT2D eigenvalue weighted by Crippen LogP contribution is 2.19. The van der Waals surface area contributed by atoms with Gasteiger partial charge in [-0.05, 0) is 31.4 Å². The van der Waals surface area contributed by atoms with Gasteiger partial charge >= 0.3 is 0 Å². The average Bonchev–Trinajstić information content (AvgIpc) is 2.59. The third-order valence-corrected chi connectivity index (χ3v) is 4.25. The van der Waals surface area contributed by atoms with Crippen molar-refractivity contribution in [1.82, 2.24) is 10.2 Å². The van der Waals surface area contributed by atoms with Gasteiger partial charge in [-0.15, -0.1) is 0 Å². The molecule has 1 fully saturated rings. The summed E-state index contributed by atoms with van der Waals surface area (Å²) >= 11 is 0. The Balaban J connectivity index is 1.75. The van der Waals surface area contributed by atoms with E-state index in [4.69, 9.17) is 0 Å². The average molecular weight is 302 g/mol. The summed E-state index contributed by atoms with van der Waals surface area (Å²) in [5, 5.41) is 3.02. The van der Waals surface area contributed by atoms with Crippen LogP contribution in [0.2, 0.25) is 0 Å². The number of piperidine rings is 1. The van der Waals surface area contributed by atoms with Gasteiger partial charge < -0.3 is 10.2 Å². The molecule has 2 rings (SSSR count). The minimum absolute atomic E-state index is 0.0569. The molecule has 4 heteroatoms. The molecular formula is C18H26N2O2. The highest BCUT2D eigenvalue weighted by atomic mass is 16.2. The van der Waals surface area contributed by atoms with Crippen molar-refractivity contribution in [3.05, 3.63) is 35.9 Å². The van der Waals surface area contributed by atoms with Crippen LogP contribution in [0.5, 0.6) is 0 Å². The van der Waals surface area contributed by atoms with Crippen LogP contribution in [-0.2, 0) is 4.79 Å². The highest BCUT2D eigenvalue weighted by molar-refractivity contribution is 5.94. The Bertz CT molecular complexity index is 479. The summed E-state index contributed by atoms with van der Waals surface area (Å²) in [6.07, 6.45) is 4.89. The Hall–Kier alpha value is -1.84. The SMILES string of the molecule is CCCCCNC(=O)C1CCN(C(=O)c2ccccc2)CC1. The van der Waals surface area contributed by atoms with E-state index in [0.717, 1.165) is 44.2 Å². The molecule has 1 aromatic rings. The van der Waals surface area contributed by atoms with Crippen LogP contribution in [0.15, 0.2) is 30.3 Å². The van der Waals surface area contributed by atoms with Crippen molar-refractivity contribution in [3.8, 4) is 0 Å². The second kappa shape index (κ2) is 8.57. The maximum Gasteiger partial charge on any atom is 0.253 e. The molecule has 0 atom stereocenters. The second-order valence-corrected chi connectivity index (χ2v) is 5.93. The molecule has 1 aliphatic rings. The maximum atomic E-state index is 12.3. The molecule has 2 amide bonds. The first-order valence-electron chi connectivity index (χ1n) is 8.34. The number of carbonyl (C=O) groups excluding carboxylic acids is 2. The van der Waals surface area contributed by atoms with Crippen LogP contribution in [-0.4, -0.2) is 36.3 Å². The summed E-state index contributed by atoms with van der Waals surface area (Å²) < 4.78 is 0. The number of hydrogen-bond donors (Lipinski definition) is 1. The highest BCUT2D eigenvalue weighted by Gasteiger charge is 2.27. The lowest BCUT2D eigenvalue weighted by molar-refractivity contribution is -0.126. The summed E-state index contributed by atoms with van der Waals surface area (Å²) in [5.74, 6) is 0.284. The minimum Gasteiger partial charge on any atom is -0.356 e. The number of carbonyl (C=O) groups is 2. The van der Waals surface area contributed by atoms with E-state index in [0.29, 0.717) is 13.1 Å². The zero-order chi connectivity index (χ0) is 15.8. The molecule has 1 N–H and O–H groups in total. The normalized spacial score (nSPS) is 15.6. The van der Waals surface area contributed by atoms with Gasteiger partial charge in [-0.25, -0.2) is 0 Å². The lowest BCUT2D eigenvalue weighted by Gasteiger charge is -2.31. The monoisotopic (exact) mass is 302 g/mol. The molecule has 1 saturated heterocycles. The number of hydrogen-bond acceptors (Lipinski definition) is 2. The van der Waals surface area contributed by atoms with E-state index >= 15 is 0 Å². The van der Waals surface area contributed by atoms with E-state index in [-0.39, 0.29) is 17.7 Å². The van der Waals surface area contributed by atoms with Gasteiger partial charge in [-0.1, -0.05) is 38.0 Å². The standard InChI is InChI=1S/C18H26N2O2/c1-2-3-7-12-19-17(21)15-10-13-20(14-11-15)18(22)16-8-5-4-6-9-16/h4-6,8-9,15H,2-3,7,10-14H2,1H3,(H,19,21). The van der Waals surface area contributed by atoms with E-state index in [1.165, 1.54) is 0 Å². The Morgan fingerprint density at radius 2 is 1.82 bits per heavy atom. The molecule has 1 heterocycles. The van der Waals surface area contributed by atoms with Crippen LogP contribution >= 0.6 is 0 Å². The topological polar surface area (TPSA) is 49.4 Å². The summed E-state index contributed by atoms with van der Waals surface area (Å²) in [6.45, 7) is 4.26. The lowest BCUT2D eigenvalue weighted by Crippen LogP contribution is -2.43. The van der Waals surface area contributed by atoms with E-state index in [2.05, 4.69) is 12.2 Å². The fraction of sp³-hybridized carbons (Fsp3) is 0.556. The van der Waals surface area contributed by atoms with Crippen molar-refractivity contribution in [2.45, 2.75) is 39.0 Å². The van der Waals surface area contributed by atoms with Crippen molar-refractivity contribution in [1.29, 1.82) is 0 Å². The van der Waals surface area contributed by atoms with Gasteiger partial charge in [0.2, 0.25) is 5.91 Å². The zero-order valence-electron chi connectivity index (χ0n) is 13.4. The molecule has 1 aliphatic heterocycles. The third kappa shape index (κ3) is 4.58. The number of amides is 2. The van der Waals surface area contributed by atoms with Crippen LogP contribution in [0, 0.1) is 5.92 Å². The third-order valence-electron chi connectivity index (χ3n) is 4.25. The molecule has 4 nitrogen and oxygen atoms in total. The molecule has 0 spiro atoms. The maximum absolute atomic E-state index is 12.3. The van der Waals surface area contributed by atoms with Crippen molar-refractivity contribution in [2.24, 2.45) is 5.92 Å². The molecule has 22 heavy (non-hydrogen) atoms. The Morgan fingerprint density at radius 1 is 1.14 bits per heavy atom. The number of unbranched alkanes of at least 4 members (excludes halogenated alkanes) is 2. The van der Waals surface area contributed by atoms with Gasteiger partial charge in [-0.2, -0.15) is 0 Å². The fourth-order valence-corrected chi connectivity index (χ4v) is 2.84. The molecule has 120 valence electrons. The molecule has 1 aromatic carbocycles. The molecule has 0 aliphatic carbocycles. The van der Waals surface area contributed by atoms with Gasteiger partial charge in [0.1, 0.15) is 0 Å². The van der Waals surface area contributed by atoms with Gasteiger partial charge in [0, 0.05) is 31.1 Å². The zero-order valence-corrected chi connectivity index (χ0v) is 13.4. The molecule has 0 bridgehead atoms. The van der Waals surface area contributed by atoms with Crippen LogP contribution in [0.3, 0.4) is 0 Å². The first kappa shape index (κ1) is 16.5. The van der Waals surface area contributed by atoms with Crippen LogP contribution in [0.1, 0.15) is 49.4 Å². The Morgan fingerprint density at radius 3 is 2.45 bits per heavy atom. The lowest BCUT2D eigenvalue weighted by atomic mass is 9.95. The molecule has 0 radical (unpaired) electrons. The number of nitrogens with zero attached hydrogens (tertiary/aromatic N) is 1. The molecular weight excluding hydrogens is 276 g/mol. The molecule has 0 saturated carbocycles. The predicted octanol–water partition coefficient (Wildman–Crippen LogP) is 2.85. The number of nitrogens with one attached hydrogen (secondary N) is 1. The molecule has 0 unspecified atom stereocenters. The van der Waals surface area contributed by atoms with E-state index < -0.39 is 0 Å². The van der Waals surface area contributed by atoms with Crippen LogP contribution < -0.4 is 5.32 Å². The minimum atomic E-state index is 0.0569. The van der Waals surface area contributed by atoms with Gasteiger partial charge in [0.05, 0.1) is 0 Å². The first-order valence-corrected chi connectivity index (χ1v) is 8.34.